The number of aliphatic hydroxyl groups excluding tert-OH is 3. The van der Waals surface area contributed by atoms with Crippen molar-refractivity contribution in [1.82, 2.24) is 15.1 Å². The maximum Gasteiger partial charge on any atom is 0.311 e. The third kappa shape index (κ3) is 15.2. The molecule has 2 aromatic rings. The minimum Gasteiger partial charge on any atom is -0.481 e. The van der Waals surface area contributed by atoms with Gasteiger partial charge in [0.25, 0.3) is 5.97 Å². The lowest BCUT2D eigenvalue weighted by atomic mass is 9.77. The number of carbonyl (C=O) groups is 3. The minimum absolute atomic E-state index is 0.0616. The molecule has 72 heavy (non-hydrogen) atoms. The van der Waals surface area contributed by atoms with Crippen LogP contribution in [0.3, 0.4) is 0 Å². The standard InChI is InChI=1S/C52H85N3O13.C2H4O2/c1-15-40-52(11,62)45(58)34(7)55(24-23-41(56)53-33(6)37-22-18-20-36-19-16-17-21-38(36)37)28-29(2)26-50(9,61)47(68-49-43(57)39(54(12)13)25-30(3)64-49)31(4)44(32(5)48(60)66-40)67-42-27-51(10,63-14)46(59)35(8)65-42;1-2(3)4/h16-22,29-35,39-40,42-47,49,57-59,61-62H,15,23-28H2,1-14H3,(H,53,56);1H3,(H,3,4)/t29-,30-,31+,32-,33-,34-,35+,39+,40-,42+,43-,44+,45-,46+,47-,49+,50-,51-,52-;/m1./s1. The SMILES string of the molecule is CC(=O)O.CC[C@H]1OC(=O)[C@H](C)[C@@H](O[C@H]2C[C@@](C)(OC)[C@@H](O)[C@H](C)O2)[C@H](C)[C@@H](O[C@@H]2O[C@H](C)C[C@H](N(C)C)[C@H]2O)[C@](C)(O)C[C@@H](C)CN(CCC(=O)N[C@H](C)c2cccc3ccccc23)[C@H](C)[C@@H](O)[C@]1(C)O. The Morgan fingerprint density at radius 1 is 0.931 bits per heavy atom. The first-order valence-corrected chi connectivity index (χ1v) is 25.7. The molecule has 5 rings (SSSR count). The van der Waals surface area contributed by atoms with Gasteiger partial charge in [0, 0.05) is 58.0 Å². The number of aliphatic carboxylic acids is 1. The molecule has 3 heterocycles. The smallest absolute Gasteiger partial charge is 0.311 e. The van der Waals surface area contributed by atoms with Crippen molar-refractivity contribution in [2.45, 2.75) is 212 Å². The second-order valence-electron chi connectivity index (χ2n) is 21.8. The number of carboxylic acid groups (broad SMARTS) is 1. The number of cyclic esters (lactones) is 1. The fourth-order valence-corrected chi connectivity index (χ4v) is 11.2. The molecule has 0 unspecified atom stereocenters. The third-order valence-electron chi connectivity index (χ3n) is 15.3. The number of rotatable bonds is 12. The van der Waals surface area contributed by atoms with Crippen molar-refractivity contribution in [3.8, 4) is 0 Å². The van der Waals surface area contributed by atoms with E-state index in [9.17, 15) is 35.1 Å². The first kappa shape index (κ1) is 61.2. The minimum atomic E-state index is -1.96. The van der Waals surface area contributed by atoms with Crippen LogP contribution in [0.1, 0.15) is 127 Å². The lowest BCUT2D eigenvalue weighted by molar-refractivity contribution is -0.318. The van der Waals surface area contributed by atoms with Gasteiger partial charge in [-0.2, -0.15) is 0 Å². The van der Waals surface area contributed by atoms with Gasteiger partial charge in [-0.25, -0.2) is 0 Å². The number of methoxy groups -OCH3 is 1. The number of carbonyl (C=O) groups excluding carboxylic acids is 2. The van der Waals surface area contributed by atoms with Crippen molar-refractivity contribution >= 4 is 28.6 Å². The molecule has 19 atom stereocenters. The van der Waals surface area contributed by atoms with Crippen LogP contribution in [0.25, 0.3) is 10.8 Å². The zero-order valence-corrected chi connectivity index (χ0v) is 45.5. The molecule has 7 N–H and O–H groups in total. The number of fused-ring (bicyclic) bond motifs is 1. The normalized spacial score (nSPS) is 39.2. The molecule has 3 saturated heterocycles. The summed E-state index contributed by atoms with van der Waals surface area (Å²) in [4.78, 5) is 41.2. The van der Waals surface area contributed by atoms with Crippen LogP contribution in [0.15, 0.2) is 42.5 Å². The van der Waals surface area contributed by atoms with E-state index in [1.165, 1.54) is 14.0 Å². The van der Waals surface area contributed by atoms with Crippen LogP contribution in [0.2, 0.25) is 0 Å². The maximum atomic E-state index is 14.6. The molecule has 18 heteroatoms. The van der Waals surface area contributed by atoms with Crippen LogP contribution in [-0.2, 0) is 42.8 Å². The molecule has 3 aliphatic heterocycles. The number of likely N-dealkylation sites (N-methyl/N-ethyl adjacent to an activating group) is 1. The molecule has 0 spiro atoms. The number of benzene rings is 2. The number of amides is 1. The molecule has 0 saturated carbocycles. The number of hydrogen-bond donors (Lipinski definition) is 7. The van der Waals surface area contributed by atoms with E-state index in [2.05, 4.69) is 5.32 Å². The number of ether oxygens (including phenoxy) is 6. The molecule has 1 amide bonds. The number of nitrogens with zero attached hydrogens (tertiary/aromatic N) is 2. The summed E-state index contributed by atoms with van der Waals surface area (Å²) in [6, 6.07) is 12.6. The summed E-state index contributed by atoms with van der Waals surface area (Å²) in [7, 11) is 5.25. The zero-order chi connectivity index (χ0) is 54.2. The predicted octanol–water partition coefficient (Wildman–Crippen LogP) is 4.78. The summed E-state index contributed by atoms with van der Waals surface area (Å²) >= 11 is 0. The molecule has 0 bridgehead atoms. The Balaban J connectivity index is 0.00000271. The predicted molar refractivity (Wildman–Crippen MR) is 272 cm³/mol. The highest BCUT2D eigenvalue weighted by atomic mass is 16.7. The van der Waals surface area contributed by atoms with Crippen molar-refractivity contribution in [2.24, 2.45) is 17.8 Å². The number of nitrogens with one attached hydrogen (secondary N) is 1. The maximum absolute atomic E-state index is 14.6. The number of aliphatic hydroxyl groups is 5. The molecule has 3 aliphatic rings. The van der Waals surface area contributed by atoms with Gasteiger partial charge in [0.15, 0.2) is 12.6 Å². The highest BCUT2D eigenvalue weighted by Gasteiger charge is 2.53. The Morgan fingerprint density at radius 2 is 1.56 bits per heavy atom. The van der Waals surface area contributed by atoms with Gasteiger partial charge in [0.05, 0.1) is 47.6 Å². The number of hydrogen-bond acceptors (Lipinski definition) is 16. The summed E-state index contributed by atoms with van der Waals surface area (Å²) in [5, 5.41) is 72.8. The van der Waals surface area contributed by atoms with Gasteiger partial charge in [-0.1, -0.05) is 63.2 Å². The Bertz CT molecular complexity index is 2050. The Hall–Kier alpha value is -3.37. The summed E-state index contributed by atoms with van der Waals surface area (Å²) in [5.41, 5.74) is -3.72. The fourth-order valence-electron chi connectivity index (χ4n) is 11.2. The molecule has 18 nitrogen and oxygen atoms in total. The summed E-state index contributed by atoms with van der Waals surface area (Å²) in [6.45, 7) is 20.9. The van der Waals surface area contributed by atoms with E-state index in [1.54, 1.807) is 48.5 Å². The molecule has 0 radical (unpaired) electrons. The summed E-state index contributed by atoms with van der Waals surface area (Å²) in [5.74, 6) is -4.00. The first-order chi connectivity index (χ1) is 33.5. The summed E-state index contributed by atoms with van der Waals surface area (Å²) in [6.07, 6.45) is -9.18. The third-order valence-corrected chi connectivity index (χ3v) is 15.3. The van der Waals surface area contributed by atoms with Crippen LogP contribution in [0.5, 0.6) is 0 Å². The Morgan fingerprint density at radius 3 is 2.17 bits per heavy atom. The second-order valence-corrected chi connectivity index (χ2v) is 21.8. The van der Waals surface area contributed by atoms with E-state index >= 15 is 0 Å². The molecule has 410 valence electrons. The van der Waals surface area contributed by atoms with Crippen molar-refractivity contribution in [3.05, 3.63) is 48.0 Å². The van der Waals surface area contributed by atoms with Crippen LogP contribution in [-0.4, -0.2) is 183 Å². The topological polar surface area (TPSA) is 246 Å². The molecule has 0 aromatic heterocycles. The Kier molecular flexibility index (Phi) is 22.0. The van der Waals surface area contributed by atoms with Gasteiger partial charge in [-0.15, -0.1) is 0 Å². The van der Waals surface area contributed by atoms with E-state index in [1.807, 2.05) is 87.1 Å². The highest BCUT2D eigenvalue weighted by molar-refractivity contribution is 5.87. The average Bonchev–Trinajstić information content (AvgIpc) is 3.30. The van der Waals surface area contributed by atoms with E-state index < -0.39 is 102 Å². The lowest BCUT2D eigenvalue weighted by Crippen LogP contribution is -2.60. The van der Waals surface area contributed by atoms with Gasteiger partial charge in [-0.05, 0) is 111 Å². The van der Waals surface area contributed by atoms with Crippen molar-refractivity contribution in [1.29, 1.82) is 0 Å². The van der Waals surface area contributed by atoms with Crippen LogP contribution < -0.4 is 5.32 Å². The highest BCUT2D eigenvalue weighted by Crippen LogP contribution is 2.40. The molecule has 3 fully saturated rings. The van der Waals surface area contributed by atoms with Gasteiger partial charge >= 0.3 is 5.97 Å². The quantitative estimate of drug-likeness (QED) is 0.141. The molecule has 0 aliphatic carbocycles. The van der Waals surface area contributed by atoms with Crippen molar-refractivity contribution in [2.75, 3.05) is 34.3 Å². The molecule has 2 aromatic carbocycles. The van der Waals surface area contributed by atoms with Crippen LogP contribution in [0, 0.1) is 17.8 Å². The molecular formula is C54H89N3O15. The van der Waals surface area contributed by atoms with Gasteiger partial charge in [0.2, 0.25) is 5.91 Å². The lowest BCUT2D eigenvalue weighted by Gasteiger charge is -2.48. The van der Waals surface area contributed by atoms with E-state index in [0.717, 1.165) is 23.3 Å². The van der Waals surface area contributed by atoms with E-state index in [0.29, 0.717) is 6.42 Å². The average molecular weight is 1020 g/mol. The van der Waals surface area contributed by atoms with Gasteiger partial charge in [0.1, 0.15) is 30.0 Å². The monoisotopic (exact) mass is 1020 g/mol. The summed E-state index contributed by atoms with van der Waals surface area (Å²) < 4.78 is 38.1. The largest absolute Gasteiger partial charge is 0.481 e. The number of carboxylic acids is 1. The van der Waals surface area contributed by atoms with Crippen LogP contribution >= 0.6 is 0 Å². The Labute approximate surface area is 427 Å². The van der Waals surface area contributed by atoms with Crippen molar-refractivity contribution < 1.29 is 73.4 Å². The van der Waals surface area contributed by atoms with E-state index in [-0.39, 0.29) is 68.8 Å². The van der Waals surface area contributed by atoms with Crippen molar-refractivity contribution in [3.63, 3.8) is 0 Å². The van der Waals surface area contributed by atoms with E-state index in [4.69, 9.17) is 38.3 Å². The number of esters is 1. The van der Waals surface area contributed by atoms with Gasteiger partial charge in [-0.3, -0.25) is 19.3 Å². The first-order valence-electron chi connectivity index (χ1n) is 25.7. The van der Waals surface area contributed by atoms with Crippen LogP contribution in [0.4, 0.5) is 0 Å². The second kappa shape index (κ2) is 25.9. The fraction of sp³-hybridized carbons (Fsp3) is 0.759. The molecular weight excluding hydrogens is 931 g/mol. The van der Waals surface area contributed by atoms with Gasteiger partial charge < -0.3 is 69.3 Å². The zero-order valence-electron chi connectivity index (χ0n) is 45.5.